The third-order valence-corrected chi connectivity index (χ3v) is 3.25. The van der Waals surface area contributed by atoms with Gasteiger partial charge in [-0.2, -0.15) is 16.8 Å². The summed E-state index contributed by atoms with van der Waals surface area (Å²) in [6.07, 6.45) is -7.10. The first kappa shape index (κ1) is 17.6. The van der Waals surface area contributed by atoms with Crippen LogP contribution in [0.5, 0.6) is 0 Å². The summed E-state index contributed by atoms with van der Waals surface area (Å²) in [5.41, 5.74) is 5.32. The van der Waals surface area contributed by atoms with Crippen LogP contribution in [0.4, 0.5) is 0 Å². The molecule has 1 saturated heterocycles. The van der Waals surface area contributed by atoms with Crippen LogP contribution in [0.1, 0.15) is 0 Å². The maximum atomic E-state index is 10.6. The van der Waals surface area contributed by atoms with Crippen molar-refractivity contribution in [3.8, 4) is 0 Å². The summed E-state index contributed by atoms with van der Waals surface area (Å²) in [5, 5.41) is 19.1. The van der Waals surface area contributed by atoms with E-state index in [1.165, 1.54) is 0 Å². The van der Waals surface area contributed by atoms with Gasteiger partial charge < -0.3 is 20.7 Å². The van der Waals surface area contributed by atoms with Gasteiger partial charge in [-0.25, -0.2) is 8.37 Å². The summed E-state index contributed by atoms with van der Waals surface area (Å²) in [6, 6.07) is -1.55. The van der Waals surface area contributed by atoms with Crippen molar-refractivity contribution in [3.05, 3.63) is 0 Å². The van der Waals surface area contributed by atoms with E-state index in [0.29, 0.717) is 0 Å². The molecule has 0 aromatic rings. The van der Waals surface area contributed by atoms with Gasteiger partial charge in [-0.3, -0.25) is 9.11 Å². The van der Waals surface area contributed by atoms with Crippen LogP contribution in [-0.4, -0.2) is 73.4 Å². The number of hydrogen-bond donors (Lipinski definition) is 5. The number of hydrogen-bond acceptors (Lipinski definition) is 10. The molecule has 0 radical (unpaired) electrons. The van der Waals surface area contributed by atoms with E-state index < -0.39 is 58.0 Å². The summed E-state index contributed by atoms with van der Waals surface area (Å²) in [6.45, 7) is -0.949. The topological polar surface area (TPSA) is 203 Å². The maximum absolute atomic E-state index is 10.6. The van der Waals surface area contributed by atoms with E-state index in [-0.39, 0.29) is 0 Å². The molecule has 0 spiro atoms. The van der Waals surface area contributed by atoms with Crippen molar-refractivity contribution in [2.45, 2.75) is 30.6 Å². The van der Waals surface area contributed by atoms with Crippen LogP contribution in [0.25, 0.3) is 0 Å². The van der Waals surface area contributed by atoms with Crippen molar-refractivity contribution in [1.82, 2.24) is 0 Å². The van der Waals surface area contributed by atoms with Gasteiger partial charge in [-0.15, -0.1) is 0 Å². The average molecular weight is 339 g/mol. The van der Waals surface area contributed by atoms with Gasteiger partial charge in [0.05, 0.1) is 12.6 Å². The maximum Gasteiger partial charge on any atom is 0.397 e. The molecule has 0 amide bonds. The minimum absolute atomic E-state index is 0.949. The van der Waals surface area contributed by atoms with E-state index >= 15 is 0 Å². The Morgan fingerprint density at radius 1 is 1.10 bits per heavy atom. The molecule has 6 N–H and O–H groups in total. The van der Waals surface area contributed by atoms with Gasteiger partial charge in [0.2, 0.25) is 0 Å². The zero-order valence-electron chi connectivity index (χ0n) is 9.63. The molecule has 12 nitrogen and oxygen atoms in total. The summed E-state index contributed by atoms with van der Waals surface area (Å²) >= 11 is 0. The molecule has 120 valence electrons. The van der Waals surface area contributed by atoms with Gasteiger partial charge in [0, 0.05) is 0 Å². The van der Waals surface area contributed by atoms with Crippen molar-refractivity contribution < 1.29 is 49.3 Å². The van der Waals surface area contributed by atoms with Crippen LogP contribution in [-0.2, 0) is 33.9 Å². The minimum Gasteiger partial charge on any atom is -0.387 e. The quantitative estimate of drug-likeness (QED) is 0.308. The smallest absolute Gasteiger partial charge is 0.387 e. The molecule has 20 heavy (non-hydrogen) atoms. The van der Waals surface area contributed by atoms with E-state index in [2.05, 4.69) is 13.1 Å². The van der Waals surface area contributed by atoms with Gasteiger partial charge in [-0.05, 0) is 0 Å². The normalized spacial score (nSPS) is 36.0. The zero-order valence-corrected chi connectivity index (χ0v) is 11.3. The first-order valence-electron chi connectivity index (χ1n) is 4.95. The fraction of sp³-hybridized carbons (Fsp3) is 1.00. The second kappa shape index (κ2) is 6.14. The van der Waals surface area contributed by atoms with Gasteiger partial charge >= 0.3 is 20.8 Å². The van der Waals surface area contributed by atoms with Gasteiger partial charge in [-0.1, -0.05) is 0 Å². The number of ether oxygens (including phenoxy) is 1. The first-order valence-corrected chi connectivity index (χ1v) is 7.68. The average Bonchev–Trinajstić information content (AvgIpc) is 2.25. The molecule has 1 aliphatic rings. The van der Waals surface area contributed by atoms with Gasteiger partial charge in [0.25, 0.3) is 0 Å². The molecule has 0 aliphatic carbocycles. The lowest BCUT2D eigenvalue weighted by Crippen LogP contribution is -2.63. The third-order valence-electron chi connectivity index (χ3n) is 2.35. The highest BCUT2D eigenvalue weighted by Gasteiger charge is 2.46. The Balaban J connectivity index is 2.84. The Bertz CT molecular complexity index is 529. The van der Waals surface area contributed by atoms with Crippen molar-refractivity contribution in [3.63, 3.8) is 0 Å². The molecule has 0 saturated carbocycles. The Hall–Kier alpha value is -0.420. The number of aliphatic hydroxyl groups excluding tert-OH is 2. The van der Waals surface area contributed by atoms with E-state index in [1.54, 1.807) is 0 Å². The molecular weight excluding hydrogens is 326 g/mol. The van der Waals surface area contributed by atoms with Crippen molar-refractivity contribution in [1.29, 1.82) is 0 Å². The lowest BCUT2D eigenvalue weighted by molar-refractivity contribution is -0.242. The van der Waals surface area contributed by atoms with Crippen molar-refractivity contribution >= 4 is 20.8 Å². The Labute approximate surface area is 114 Å². The van der Waals surface area contributed by atoms with E-state index in [0.717, 1.165) is 0 Å². The molecule has 1 aliphatic heterocycles. The van der Waals surface area contributed by atoms with E-state index in [9.17, 15) is 27.0 Å². The molecule has 5 atom stereocenters. The highest BCUT2D eigenvalue weighted by Crippen LogP contribution is 2.22. The highest BCUT2D eigenvalue weighted by molar-refractivity contribution is 7.81. The molecule has 14 heteroatoms. The molecular formula is C6H13NO11S2. The van der Waals surface area contributed by atoms with E-state index in [4.69, 9.17) is 14.8 Å². The molecule has 1 heterocycles. The van der Waals surface area contributed by atoms with Crippen molar-refractivity contribution in [2.75, 3.05) is 6.61 Å². The van der Waals surface area contributed by atoms with Crippen LogP contribution >= 0.6 is 0 Å². The third kappa shape index (κ3) is 5.17. The largest absolute Gasteiger partial charge is 0.397 e. The predicted molar refractivity (Wildman–Crippen MR) is 58.8 cm³/mol. The molecule has 1 rings (SSSR count). The lowest BCUT2D eigenvalue weighted by Gasteiger charge is -2.39. The monoisotopic (exact) mass is 339 g/mol. The molecule has 0 aromatic heterocycles. The fourth-order valence-electron chi connectivity index (χ4n) is 1.50. The molecule has 0 bridgehead atoms. The second-order valence-electron chi connectivity index (χ2n) is 3.83. The van der Waals surface area contributed by atoms with Crippen LogP contribution in [0.15, 0.2) is 0 Å². The number of aliphatic hydroxyl groups is 2. The lowest BCUT2D eigenvalue weighted by atomic mass is 9.98. The van der Waals surface area contributed by atoms with Gasteiger partial charge in [0.15, 0.2) is 6.29 Å². The Morgan fingerprint density at radius 2 is 1.65 bits per heavy atom. The second-order valence-corrected chi connectivity index (χ2v) is 5.97. The van der Waals surface area contributed by atoms with Crippen LogP contribution in [0.2, 0.25) is 0 Å². The molecule has 1 fully saturated rings. The van der Waals surface area contributed by atoms with E-state index in [1.807, 2.05) is 0 Å². The Kier molecular flexibility index (Phi) is 5.41. The van der Waals surface area contributed by atoms with Gasteiger partial charge in [0.1, 0.15) is 18.3 Å². The van der Waals surface area contributed by atoms with Crippen LogP contribution in [0.3, 0.4) is 0 Å². The highest BCUT2D eigenvalue weighted by atomic mass is 32.3. The summed E-state index contributed by atoms with van der Waals surface area (Å²) in [7, 11) is -9.84. The molecule has 0 aromatic carbocycles. The first-order chi connectivity index (χ1) is 8.91. The van der Waals surface area contributed by atoms with Crippen molar-refractivity contribution in [2.24, 2.45) is 5.73 Å². The Morgan fingerprint density at radius 3 is 2.10 bits per heavy atom. The van der Waals surface area contributed by atoms with Crippen LogP contribution in [0, 0.1) is 0 Å². The fourth-order valence-corrected chi connectivity index (χ4v) is 2.33. The number of rotatable bonds is 5. The SMILES string of the molecule is N[C@@H]1[C@@H](OS(=O)(=O)O)[C@H](O)[C@@H](COS(=O)(=O)O)O[C@@H]1O. The number of nitrogens with two attached hydrogens (primary N) is 1. The summed E-state index contributed by atoms with van der Waals surface area (Å²) in [5.74, 6) is 0. The predicted octanol–water partition coefficient (Wildman–Crippen LogP) is -3.60. The van der Waals surface area contributed by atoms with Crippen LogP contribution < -0.4 is 5.73 Å². The zero-order chi connectivity index (χ0) is 15.7. The summed E-state index contributed by atoms with van der Waals surface area (Å²) in [4.78, 5) is 0. The minimum atomic E-state index is -4.99. The standard InChI is InChI=1S/C6H13NO11S2/c7-3-5(18-20(13,14)15)4(8)2(17-6(3)9)1-16-19(10,11)12/h2-6,8-9H,1,7H2,(H,10,11,12)(H,13,14,15)/t2-,3-,4-,5-,6+/m1/s1. The summed E-state index contributed by atoms with van der Waals surface area (Å²) < 4.78 is 71.5. The molecule has 0 unspecified atom stereocenters.